The molecule has 1 aromatic heterocycles. The fraction of sp³-hybridized carbons (Fsp3) is 0.250. The molecule has 1 heterocycles. The van der Waals surface area contributed by atoms with Gasteiger partial charge in [0.05, 0.1) is 11.6 Å². The number of aromatic nitrogens is 1. The monoisotopic (exact) mass is 319 g/mol. The second-order valence-corrected chi connectivity index (χ2v) is 5.15. The molecule has 0 bridgehead atoms. The number of rotatable bonds is 6. The van der Waals surface area contributed by atoms with Crippen LogP contribution in [-0.2, 0) is 6.54 Å². The van der Waals surface area contributed by atoms with Crippen molar-refractivity contribution >= 4 is 17.6 Å². The first-order chi connectivity index (χ1) is 10.6. The molecule has 0 saturated carbocycles. The van der Waals surface area contributed by atoms with Crippen LogP contribution >= 0.6 is 11.6 Å². The molecule has 0 aliphatic heterocycles. The van der Waals surface area contributed by atoms with Gasteiger partial charge in [-0.15, -0.1) is 0 Å². The summed E-state index contributed by atoms with van der Waals surface area (Å²) in [5, 5.41) is 6.04. The zero-order chi connectivity index (χ0) is 15.8. The molecule has 0 spiro atoms. The zero-order valence-corrected chi connectivity index (χ0v) is 13.1. The van der Waals surface area contributed by atoms with E-state index in [4.69, 9.17) is 16.3 Å². The van der Waals surface area contributed by atoms with E-state index >= 15 is 0 Å². The van der Waals surface area contributed by atoms with Crippen molar-refractivity contribution in [1.29, 1.82) is 0 Å². The SMILES string of the molecule is Cc1ccc(Cl)c(OCCNC(=O)NCc2ccncc2)c1. The number of urea groups is 1. The van der Waals surface area contributed by atoms with Crippen molar-refractivity contribution in [3.05, 3.63) is 58.9 Å². The number of pyridine rings is 1. The number of amides is 2. The first kappa shape index (κ1) is 16.1. The number of benzene rings is 1. The van der Waals surface area contributed by atoms with Gasteiger partial charge in [0.15, 0.2) is 0 Å². The van der Waals surface area contributed by atoms with Gasteiger partial charge in [-0.05, 0) is 42.3 Å². The van der Waals surface area contributed by atoms with Crippen molar-refractivity contribution in [3.8, 4) is 5.75 Å². The molecular formula is C16H18ClN3O2. The summed E-state index contributed by atoms with van der Waals surface area (Å²) >= 11 is 6.03. The fourth-order valence-electron chi connectivity index (χ4n) is 1.79. The summed E-state index contributed by atoms with van der Waals surface area (Å²) in [6, 6.07) is 9.04. The summed E-state index contributed by atoms with van der Waals surface area (Å²) < 4.78 is 5.55. The maximum absolute atomic E-state index is 11.6. The molecule has 1 aromatic carbocycles. The Hall–Kier alpha value is -2.27. The molecule has 0 unspecified atom stereocenters. The maximum atomic E-state index is 11.6. The molecule has 2 amide bonds. The van der Waals surface area contributed by atoms with Gasteiger partial charge in [0.25, 0.3) is 0 Å². The minimum atomic E-state index is -0.240. The first-order valence-corrected chi connectivity index (χ1v) is 7.32. The lowest BCUT2D eigenvalue weighted by Crippen LogP contribution is -2.37. The van der Waals surface area contributed by atoms with Gasteiger partial charge < -0.3 is 15.4 Å². The Morgan fingerprint density at radius 1 is 1.23 bits per heavy atom. The zero-order valence-electron chi connectivity index (χ0n) is 12.3. The molecule has 116 valence electrons. The number of nitrogens with one attached hydrogen (secondary N) is 2. The third-order valence-electron chi connectivity index (χ3n) is 2.93. The summed E-state index contributed by atoms with van der Waals surface area (Å²) in [6.45, 7) is 3.17. The molecule has 5 nitrogen and oxygen atoms in total. The van der Waals surface area contributed by atoms with Crippen LogP contribution in [0.25, 0.3) is 0 Å². The maximum Gasteiger partial charge on any atom is 0.315 e. The highest BCUT2D eigenvalue weighted by atomic mass is 35.5. The largest absolute Gasteiger partial charge is 0.490 e. The molecule has 2 rings (SSSR count). The molecule has 2 aromatic rings. The summed E-state index contributed by atoms with van der Waals surface area (Å²) in [5.74, 6) is 0.626. The van der Waals surface area contributed by atoms with Crippen LogP contribution < -0.4 is 15.4 Å². The predicted octanol–water partition coefficient (Wildman–Crippen LogP) is 2.92. The van der Waals surface area contributed by atoms with Gasteiger partial charge in [-0.1, -0.05) is 17.7 Å². The third kappa shape index (κ3) is 5.26. The van der Waals surface area contributed by atoms with Gasteiger partial charge in [-0.2, -0.15) is 0 Å². The smallest absolute Gasteiger partial charge is 0.315 e. The van der Waals surface area contributed by atoms with E-state index in [-0.39, 0.29) is 6.03 Å². The van der Waals surface area contributed by atoms with Gasteiger partial charge in [-0.3, -0.25) is 4.98 Å². The van der Waals surface area contributed by atoms with Crippen LogP contribution in [0.2, 0.25) is 5.02 Å². The van der Waals surface area contributed by atoms with E-state index in [2.05, 4.69) is 15.6 Å². The van der Waals surface area contributed by atoms with Gasteiger partial charge in [0.2, 0.25) is 0 Å². The summed E-state index contributed by atoms with van der Waals surface area (Å²) in [7, 11) is 0. The van der Waals surface area contributed by atoms with E-state index in [9.17, 15) is 4.79 Å². The van der Waals surface area contributed by atoms with E-state index in [1.165, 1.54) is 0 Å². The van der Waals surface area contributed by atoms with Crippen LogP contribution in [0.15, 0.2) is 42.7 Å². The first-order valence-electron chi connectivity index (χ1n) is 6.95. The molecule has 6 heteroatoms. The van der Waals surface area contributed by atoms with Gasteiger partial charge in [0.1, 0.15) is 12.4 Å². The minimum absolute atomic E-state index is 0.240. The predicted molar refractivity (Wildman–Crippen MR) is 86.2 cm³/mol. The topological polar surface area (TPSA) is 63.2 Å². The highest BCUT2D eigenvalue weighted by Crippen LogP contribution is 2.24. The van der Waals surface area contributed by atoms with Crippen molar-refractivity contribution in [2.24, 2.45) is 0 Å². The van der Waals surface area contributed by atoms with E-state index < -0.39 is 0 Å². The van der Waals surface area contributed by atoms with Crippen LogP contribution in [0, 0.1) is 6.92 Å². The van der Waals surface area contributed by atoms with Crippen LogP contribution in [-0.4, -0.2) is 24.2 Å². The fourth-order valence-corrected chi connectivity index (χ4v) is 1.96. The van der Waals surface area contributed by atoms with Crippen molar-refractivity contribution in [1.82, 2.24) is 15.6 Å². The molecule has 0 radical (unpaired) electrons. The molecule has 0 aliphatic carbocycles. The molecule has 2 N–H and O–H groups in total. The van der Waals surface area contributed by atoms with E-state index in [1.807, 2.05) is 31.2 Å². The highest BCUT2D eigenvalue weighted by Gasteiger charge is 2.03. The number of hydrogen-bond acceptors (Lipinski definition) is 3. The Bertz CT molecular complexity index is 620. The number of nitrogens with zero attached hydrogens (tertiary/aromatic N) is 1. The lowest BCUT2D eigenvalue weighted by atomic mass is 10.2. The van der Waals surface area contributed by atoms with Gasteiger partial charge >= 0.3 is 6.03 Å². The van der Waals surface area contributed by atoms with Crippen molar-refractivity contribution in [3.63, 3.8) is 0 Å². The van der Waals surface area contributed by atoms with Gasteiger partial charge in [-0.25, -0.2) is 4.79 Å². The number of hydrogen-bond donors (Lipinski definition) is 2. The number of ether oxygens (including phenoxy) is 1. The lowest BCUT2D eigenvalue weighted by molar-refractivity contribution is 0.236. The second-order valence-electron chi connectivity index (χ2n) is 4.75. The van der Waals surface area contributed by atoms with E-state index in [0.717, 1.165) is 11.1 Å². The summed E-state index contributed by atoms with van der Waals surface area (Å²) in [4.78, 5) is 15.5. The van der Waals surface area contributed by atoms with Crippen LogP contribution in [0.1, 0.15) is 11.1 Å². The van der Waals surface area contributed by atoms with Crippen LogP contribution in [0.4, 0.5) is 4.79 Å². The lowest BCUT2D eigenvalue weighted by Gasteiger charge is -2.10. The van der Waals surface area contributed by atoms with E-state index in [0.29, 0.717) is 30.5 Å². The molecule has 0 fully saturated rings. The molecule has 0 atom stereocenters. The number of carbonyl (C=O) groups is 1. The summed E-state index contributed by atoms with van der Waals surface area (Å²) in [6.07, 6.45) is 3.38. The normalized spacial score (nSPS) is 10.1. The molecular weight excluding hydrogens is 302 g/mol. The molecule has 22 heavy (non-hydrogen) atoms. The number of aryl methyl sites for hydroxylation is 1. The van der Waals surface area contributed by atoms with Crippen molar-refractivity contribution < 1.29 is 9.53 Å². The van der Waals surface area contributed by atoms with Crippen molar-refractivity contribution in [2.75, 3.05) is 13.2 Å². The standard InChI is InChI=1S/C16H18ClN3O2/c1-12-2-3-14(17)15(10-12)22-9-8-19-16(21)20-11-13-4-6-18-7-5-13/h2-7,10H,8-9,11H2,1H3,(H2,19,20,21). The molecule has 0 saturated heterocycles. The molecule has 0 aliphatic rings. The Balaban J connectivity index is 1.66. The van der Waals surface area contributed by atoms with Crippen molar-refractivity contribution in [2.45, 2.75) is 13.5 Å². The third-order valence-corrected chi connectivity index (χ3v) is 3.25. The van der Waals surface area contributed by atoms with E-state index in [1.54, 1.807) is 18.5 Å². The average Bonchev–Trinajstić information content (AvgIpc) is 2.53. The minimum Gasteiger partial charge on any atom is -0.490 e. The Labute approximate surface area is 134 Å². The number of halogens is 1. The highest BCUT2D eigenvalue weighted by molar-refractivity contribution is 6.32. The quantitative estimate of drug-likeness (QED) is 0.805. The van der Waals surface area contributed by atoms with Gasteiger partial charge in [0, 0.05) is 18.9 Å². The van der Waals surface area contributed by atoms with Crippen LogP contribution in [0.3, 0.4) is 0 Å². The Morgan fingerprint density at radius 2 is 2.00 bits per heavy atom. The Kier molecular flexibility index (Phi) is 6.03. The second kappa shape index (κ2) is 8.24. The van der Waals surface area contributed by atoms with Crippen LogP contribution in [0.5, 0.6) is 5.75 Å². The number of carbonyl (C=O) groups excluding carboxylic acids is 1. The Morgan fingerprint density at radius 3 is 2.77 bits per heavy atom. The summed E-state index contributed by atoms with van der Waals surface area (Å²) in [5.41, 5.74) is 2.07. The average molecular weight is 320 g/mol.